The topological polar surface area (TPSA) is 57.7 Å². The number of anilines is 1. The number of amides is 1. The molecule has 2 aliphatic rings. The number of rotatable bonds is 2. The summed E-state index contributed by atoms with van der Waals surface area (Å²) in [5.74, 6) is -0.0447. The summed E-state index contributed by atoms with van der Waals surface area (Å²) in [5.41, 5.74) is 1.89. The van der Waals surface area contributed by atoms with Gasteiger partial charge in [0.15, 0.2) is 0 Å². The first-order chi connectivity index (χ1) is 10.00. The van der Waals surface area contributed by atoms with Crippen LogP contribution < -0.4 is 4.31 Å². The zero-order valence-electron chi connectivity index (χ0n) is 12.2. The van der Waals surface area contributed by atoms with Gasteiger partial charge in [-0.3, -0.25) is 9.10 Å². The molecule has 1 aromatic carbocycles. The zero-order valence-corrected chi connectivity index (χ0v) is 13.0. The van der Waals surface area contributed by atoms with Crippen LogP contribution in [0.3, 0.4) is 0 Å². The summed E-state index contributed by atoms with van der Waals surface area (Å²) in [6, 6.07) is 7.65. The first kappa shape index (κ1) is 14.4. The molecule has 2 aliphatic heterocycles. The van der Waals surface area contributed by atoms with Crippen molar-refractivity contribution in [2.75, 3.05) is 23.9 Å². The van der Waals surface area contributed by atoms with Gasteiger partial charge >= 0.3 is 0 Å². The van der Waals surface area contributed by atoms with E-state index in [0.717, 1.165) is 24.1 Å². The smallest absolute Gasteiger partial charge is 0.239 e. The standard InChI is InChI=1S/C15H20N2O3S/c1-12(18)16-9-4-6-14(11-16)21(19,20)17-10-8-13-5-2-3-7-15(13)17/h2-3,5,7,14H,4,6,8-11H2,1H3. The molecule has 6 heteroatoms. The molecule has 0 radical (unpaired) electrons. The van der Waals surface area contributed by atoms with Gasteiger partial charge in [-0.05, 0) is 30.9 Å². The molecular weight excluding hydrogens is 288 g/mol. The number of fused-ring (bicyclic) bond motifs is 1. The largest absolute Gasteiger partial charge is 0.342 e. The van der Waals surface area contributed by atoms with Crippen LogP contribution in [0.2, 0.25) is 0 Å². The van der Waals surface area contributed by atoms with Gasteiger partial charge in [0.1, 0.15) is 0 Å². The normalized spacial score (nSPS) is 22.2. The maximum Gasteiger partial charge on any atom is 0.239 e. The molecule has 21 heavy (non-hydrogen) atoms. The molecule has 1 saturated heterocycles. The van der Waals surface area contributed by atoms with Crippen LogP contribution in [0.15, 0.2) is 24.3 Å². The maximum absolute atomic E-state index is 12.9. The predicted octanol–water partition coefficient (Wildman–Crippen LogP) is 1.39. The molecule has 3 rings (SSSR count). The van der Waals surface area contributed by atoms with E-state index in [9.17, 15) is 13.2 Å². The van der Waals surface area contributed by atoms with E-state index in [0.29, 0.717) is 26.1 Å². The molecule has 0 saturated carbocycles. The maximum atomic E-state index is 12.9. The Hall–Kier alpha value is -1.56. The van der Waals surface area contributed by atoms with Crippen molar-refractivity contribution in [3.8, 4) is 0 Å². The molecule has 0 spiro atoms. The Morgan fingerprint density at radius 3 is 2.76 bits per heavy atom. The first-order valence-electron chi connectivity index (χ1n) is 7.35. The molecule has 1 fully saturated rings. The Morgan fingerprint density at radius 2 is 2.00 bits per heavy atom. The highest BCUT2D eigenvalue weighted by molar-refractivity contribution is 7.93. The van der Waals surface area contributed by atoms with Crippen molar-refractivity contribution in [1.82, 2.24) is 4.90 Å². The van der Waals surface area contributed by atoms with Gasteiger partial charge in [-0.2, -0.15) is 0 Å². The van der Waals surface area contributed by atoms with Crippen LogP contribution in [0, 0.1) is 0 Å². The molecule has 0 bridgehead atoms. The van der Waals surface area contributed by atoms with Gasteiger partial charge in [0.05, 0.1) is 10.9 Å². The van der Waals surface area contributed by atoms with Crippen molar-refractivity contribution in [3.63, 3.8) is 0 Å². The van der Waals surface area contributed by atoms with E-state index in [4.69, 9.17) is 0 Å². The Bertz CT molecular complexity index is 657. The first-order valence-corrected chi connectivity index (χ1v) is 8.85. The zero-order chi connectivity index (χ0) is 15.0. The third-order valence-corrected chi connectivity index (χ3v) is 6.62. The van der Waals surface area contributed by atoms with E-state index >= 15 is 0 Å². The third-order valence-electron chi connectivity index (χ3n) is 4.40. The van der Waals surface area contributed by atoms with Crippen molar-refractivity contribution >= 4 is 21.6 Å². The lowest BCUT2D eigenvalue weighted by molar-refractivity contribution is -0.129. The van der Waals surface area contributed by atoms with E-state index < -0.39 is 15.3 Å². The summed E-state index contributed by atoms with van der Waals surface area (Å²) >= 11 is 0. The molecule has 1 amide bonds. The molecule has 0 N–H and O–H groups in total. The van der Waals surface area contributed by atoms with Crippen molar-refractivity contribution in [3.05, 3.63) is 29.8 Å². The highest BCUT2D eigenvalue weighted by atomic mass is 32.2. The van der Waals surface area contributed by atoms with Crippen LogP contribution in [0.4, 0.5) is 5.69 Å². The van der Waals surface area contributed by atoms with Gasteiger partial charge in [-0.1, -0.05) is 18.2 Å². The second-order valence-corrected chi connectivity index (χ2v) is 7.86. The fraction of sp³-hybridized carbons (Fsp3) is 0.533. The van der Waals surface area contributed by atoms with E-state index in [1.165, 1.54) is 11.2 Å². The molecule has 0 aliphatic carbocycles. The van der Waals surface area contributed by atoms with Crippen LogP contribution >= 0.6 is 0 Å². The highest BCUT2D eigenvalue weighted by Gasteiger charge is 2.38. The number of para-hydroxylation sites is 1. The van der Waals surface area contributed by atoms with Gasteiger partial charge in [-0.25, -0.2) is 8.42 Å². The average Bonchev–Trinajstić information content (AvgIpc) is 2.92. The molecule has 114 valence electrons. The van der Waals surface area contributed by atoms with E-state index in [1.807, 2.05) is 24.3 Å². The minimum Gasteiger partial charge on any atom is -0.342 e. The summed E-state index contributed by atoms with van der Waals surface area (Å²) in [5, 5.41) is -0.485. The summed E-state index contributed by atoms with van der Waals surface area (Å²) in [7, 11) is -3.40. The Labute approximate surface area is 125 Å². The van der Waals surface area contributed by atoms with Gasteiger partial charge in [-0.15, -0.1) is 0 Å². The minimum atomic E-state index is -3.40. The van der Waals surface area contributed by atoms with Gasteiger partial charge in [0, 0.05) is 26.6 Å². The van der Waals surface area contributed by atoms with Gasteiger partial charge in [0.2, 0.25) is 15.9 Å². The monoisotopic (exact) mass is 308 g/mol. The minimum absolute atomic E-state index is 0.0447. The number of hydrogen-bond donors (Lipinski definition) is 0. The SMILES string of the molecule is CC(=O)N1CCCC(S(=O)(=O)N2CCc3ccccc32)C1. The molecular formula is C15H20N2O3S. The average molecular weight is 308 g/mol. The van der Waals surface area contributed by atoms with Crippen molar-refractivity contribution < 1.29 is 13.2 Å². The van der Waals surface area contributed by atoms with Crippen molar-refractivity contribution in [1.29, 1.82) is 0 Å². The molecule has 1 atom stereocenters. The van der Waals surface area contributed by atoms with Gasteiger partial charge < -0.3 is 4.90 Å². The van der Waals surface area contributed by atoms with Crippen LogP contribution in [0.5, 0.6) is 0 Å². The van der Waals surface area contributed by atoms with Crippen LogP contribution in [-0.4, -0.2) is 44.1 Å². The lowest BCUT2D eigenvalue weighted by atomic mass is 10.1. The van der Waals surface area contributed by atoms with Crippen LogP contribution in [-0.2, 0) is 21.2 Å². The lowest BCUT2D eigenvalue weighted by Gasteiger charge is -2.34. The Morgan fingerprint density at radius 1 is 1.24 bits per heavy atom. The molecule has 0 aromatic heterocycles. The van der Waals surface area contributed by atoms with Crippen LogP contribution in [0.25, 0.3) is 0 Å². The van der Waals surface area contributed by atoms with E-state index in [-0.39, 0.29) is 5.91 Å². The van der Waals surface area contributed by atoms with Crippen LogP contribution in [0.1, 0.15) is 25.3 Å². The summed E-state index contributed by atoms with van der Waals surface area (Å²) < 4.78 is 27.4. The number of piperidine rings is 1. The summed E-state index contributed by atoms with van der Waals surface area (Å²) in [6.45, 7) is 2.99. The summed E-state index contributed by atoms with van der Waals surface area (Å²) in [4.78, 5) is 13.2. The van der Waals surface area contributed by atoms with Crippen molar-refractivity contribution in [2.45, 2.75) is 31.4 Å². The fourth-order valence-electron chi connectivity index (χ4n) is 3.22. The second-order valence-electron chi connectivity index (χ2n) is 5.73. The molecule has 2 heterocycles. The highest BCUT2D eigenvalue weighted by Crippen LogP contribution is 2.33. The van der Waals surface area contributed by atoms with Crippen molar-refractivity contribution in [2.24, 2.45) is 0 Å². The van der Waals surface area contributed by atoms with E-state index in [1.54, 1.807) is 4.90 Å². The number of benzene rings is 1. The lowest BCUT2D eigenvalue weighted by Crippen LogP contribution is -2.48. The number of nitrogens with zero attached hydrogens (tertiary/aromatic N) is 2. The predicted molar refractivity (Wildman–Crippen MR) is 81.7 cm³/mol. The fourth-order valence-corrected chi connectivity index (χ4v) is 5.21. The Kier molecular flexibility index (Phi) is 3.65. The molecule has 1 unspecified atom stereocenters. The number of carbonyl (C=O) groups excluding carboxylic acids is 1. The number of carbonyl (C=O) groups is 1. The third kappa shape index (κ3) is 2.52. The summed E-state index contributed by atoms with van der Waals surface area (Å²) in [6.07, 6.45) is 2.14. The van der Waals surface area contributed by atoms with Gasteiger partial charge in [0.25, 0.3) is 0 Å². The molecule has 5 nitrogen and oxygen atoms in total. The molecule has 1 aromatic rings. The van der Waals surface area contributed by atoms with E-state index in [2.05, 4.69) is 0 Å². The Balaban J connectivity index is 1.86. The number of sulfonamides is 1. The quantitative estimate of drug-likeness (QED) is 0.829. The second kappa shape index (κ2) is 5.33. The number of hydrogen-bond acceptors (Lipinski definition) is 3. The number of likely N-dealkylation sites (tertiary alicyclic amines) is 1.